The molecule has 30 heteroatoms. The fraction of sp³-hybridized carbons (Fsp3) is 0.400. The van der Waals surface area contributed by atoms with Crippen LogP contribution in [0.5, 0.6) is 0 Å². The predicted molar refractivity (Wildman–Crippen MR) is 469 cm³/mol. The molecule has 7 aromatic carbocycles. The van der Waals surface area contributed by atoms with E-state index in [4.69, 9.17) is 43.7 Å². The number of halogens is 1. The molecule has 648 valence electrons. The van der Waals surface area contributed by atoms with Crippen LogP contribution in [0.2, 0.25) is 0 Å². The summed E-state index contributed by atoms with van der Waals surface area (Å²) in [6, 6.07) is 61.8. The van der Waals surface area contributed by atoms with Gasteiger partial charge in [-0.25, -0.2) is 29.4 Å². The van der Waals surface area contributed by atoms with E-state index in [2.05, 4.69) is 42.3 Å². The zero-order valence-corrected chi connectivity index (χ0v) is 73.9. The smallest absolute Gasteiger partial charge is 0.0812 e. The zero-order valence-electron chi connectivity index (χ0n) is 69.3. The summed E-state index contributed by atoms with van der Waals surface area (Å²) in [4.78, 5) is 122. The van der Waals surface area contributed by atoms with Crippen LogP contribution in [0.15, 0.2) is 200 Å². The fourth-order valence-electron chi connectivity index (χ4n) is 11.1. The molecule has 5 atom stereocenters. The van der Waals surface area contributed by atoms with Gasteiger partial charge in [0.2, 0.25) is 5.91 Å². The third-order valence-corrected chi connectivity index (χ3v) is 22.9. The van der Waals surface area contributed by atoms with Gasteiger partial charge >= 0.3 is 203 Å². The van der Waals surface area contributed by atoms with Crippen LogP contribution in [0.25, 0.3) is 30.6 Å². The Morgan fingerprint density at radius 1 is 0.417 bits per heavy atom. The van der Waals surface area contributed by atoms with Gasteiger partial charge in [-0.3, -0.25) is 24.0 Å². The van der Waals surface area contributed by atoms with Crippen LogP contribution in [0.4, 0.5) is 19.2 Å². The third-order valence-electron chi connectivity index (χ3n) is 18.4. The number of rotatable bonds is 42. The number of para-hydroxylation sites is 3. The number of carboxylic acid groups (broad SMARTS) is 2. The molecule has 10 aromatic rings. The molecule has 0 bridgehead atoms. The van der Waals surface area contributed by atoms with Crippen molar-refractivity contribution in [2.75, 3.05) is 51.3 Å². The molecule has 3 aromatic heterocycles. The van der Waals surface area contributed by atoms with E-state index in [9.17, 15) is 43.2 Å². The number of Topliss-reactive ketones (excluding diaryl/α,β-unsaturated/α-hetero) is 2. The van der Waals surface area contributed by atoms with Crippen molar-refractivity contribution in [1.82, 2.24) is 41.3 Å². The number of aliphatic carboxylic acids is 2. The molecule has 3 heterocycles. The molecule has 120 heavy (non-hydrogen) atoms. The number of ether oxygens (including phenoxy) is 4. The molecule has 0 aliphatic rings. The summed E-state index contributed by atoms with van der Waals surface area (Å²) in [5, 5.41) is 30.4. The minimum Gasteiger partial charge on any atom is -0.245 e. The van der Waals surface area contributed by atoms with E-state index in [-0.39, 0.29) is 73.5 Å². The van der Waals surface area contributed by atoms with Crippen LogP contribution in [-0.2, 0) is 64.6 Å². The second kappa shape index (κ2) is 60.2. The molecule has 10 rings (SSSR count). The van der Waals surface area contributed by atoms with Crippen LogP contribution in [-0.4, -0.2) is 135 Å². The molecule has 26 nitrogen and oxygen atoms in total. The summed E-state index contributed by atoms with van der Waals surface area (Å²) in [5.74, 6) is -2.15. The average Bonchev–Trinajstić information content (AvgIpc) is 1.69. The van der Waals surface area contributed by atoms with Crippen molar-refractivity contribution in [3.8, 4) is 0 Å². The van der Waals surface area contributed by atoms with Crippen molar-refractivity contribution in [3.63, 3.8) is 0 Å². The molecular formula is C90H116IN10O16S3-. The monoisotopic (exact) mass is 1820 g/mol. The number of nitrogens with zero attached hydrogens (tertiary/aromatic N) is 4. The first-order valence-corrected chi connectivity index (χ1v) is 45.5. The Balaban J connectivity index is 0.000000267. The number of nitrogens with one attached hydrogen (secondary N) is 4. The van der Waals surface area contributed by atoms with Crippen LogP contribution >= 0.6 is 34.0 Å². The Hall–Kier alpha value is -10.4. The number of amides is 5. The maximum atomic E-state index is 12.9. The van der Waals surface area contributed by atoms with Crippen molar-refractivity contribution in [1.29, 1.82) is 0 Å². The number of alkyl halides is 1. The number of hydrogen-bond donors (Lipinski definition) is 8. The van der Waals surface area contributed by atoms with Gasteiger partial charge < -0.3 is 46.1 Å². The molecule has 0 aliphatic heterocycles. The number of carbonyl (C=O) groups excluding carboxylic acids is 7. The summed E-state index contributed by atoms with van der Waals surface area (Å²) in [7, 11) is 3.07. The van der Waals surface area contributed by atoms with Gasteiger partial charge in [0.05, 0.1) is 44.9 Å². The average molecular weight is 1820 g/mol. The minimum absolute atomic E-state index is 0.0391. The van der Waals surface area contributed by atoms with Crippen LogP contribution < -0.4 is 52.4 Å². The summed E-state index contributed by atoms with van der Waals surface area (Å²) in [6.07, 6.45) is 10.3. The summed E-state index contributed by atoms with van der Waals surface area (Å²) in [6.45, 7) is 11.0. The van der Waals surface area contributed by atoms with Gasteiger partial charge in [0, 0.05) is 38.5 Å². The zero-order chi connectivity index (χ0) is 86.9. The number of carbonyl (C=O) groups is 9. The quantitative estimate of drug-likeness (QED) is 0.00335. The van der Waals surface area contributed by atoms with Gasteiger partial charge in [0.25, 0.3) is 0 Å². The summed E-state index contributed by atoms with van der Waals surface area (Å²) < 4.78 is 30.4. The molecule has 0 spiro atoms. The van der Waals surface area contributed by atoms with Gasteiger partial charge in [-0.15, -0.1) is 22.7 Å². The number of hydroxylamine groups is 2. The van der Waals surface area contributed by atoms with Crippen molar-refractivity contribution in [2.45, 2.75) is 150 Å². The Labute approximate surface area is 726 Å². The first kappa shape index (κ1) is 100. The number of benzene rings is 7. The van der Waals surface area contributed by atoms with Gasteiger partial charge in [-0.2, -0.15) is 0 Å². The number of nitrogens with two attached hydrogens (primary N) is 2. The van der Waals surface area contributed by atoms with Crippen LogP contribution in [0.1, 0.15) is 166 Å². The first-order valence-electron chi connectivity index (χ1n) is 40.2. The molecular weight excluding hydrogens is 1700 g/mol. The Kier molecular flexibility index (Phi) is 50.3. The second-order valence-corrected chi connectivity index (χ2v) is 32.8. The normalized spacial score (nSPS) is 11.8. The molecule has 10 N–H and O–H groups in total. The van der Waals surface area contributed by atoms with Gasteiger partial charge in [0.15, 0.2) is 10.8 Å². The van der Waals surface area contributed by atoms with E-state index in [1.807, 2.05) is 207 Å². The molecule has 0 radical (unpaired) electrons. The van der Waals surface area contributed by atoms with Gasteiger partial charge in [-0.05, 0) is 98.9 Å². The first-order chi connectivity index (χ1) is 58.1. The predicted octanol–water partition coefficient (Wildman–Crippen LogP) is 15.0. The topological polar surface area (TPSA) is 382 Å². The summed E-state index contributed by atoms with van der Waals surface area (Å²) >= 11 is 4.09. The van der Waals surface area contributed by atoms with Crippen molar-refractivity contribution in [3.05, 3.63) is 232 Å². The standard InChI is InChI=1S/C22H25IN3O3S.C22H24N2O3S.C17H26N2O4.C15H21NO4.C7H15NO2.C7H5NS/c24-23-14-17(20(27)21-26-18-11-4-5-12-19(18)30-21)10-6-7-13-25-22(28)29-15-16-8-2-1-3-9-16;1-16(20(25)21-24-18-12-5-6-13-19(18)28-21)9-7-8-14-23-22(26)27-15-17-10-3-2-4-11-17;1-14(16(20)19(2)22-3)9-7-8-12-18-17(21)23-13-15-10-5-4-6-11-15;1-12(14(17)18)7-5-6-10-16-15(19)20-11-13-8-3-2-4-9-13;1-6(7(9)10)4-2-3-5-8;1-2-4-7-6(3-1)8-5-9-7/h1-5,8-9,11-12,17H,6-7,10,13-15,24H2,(H,25,28);2-6,10-13,16H,7-9,14-15H2,1H3,(H,23,26);4-6,10-11,14H,7-9,12-13H2,1-3H3,(H,18,21);2-4,8-9,12H,5-7,10-11H2,1H3,(H,16,19)(H,17,18);6H,2-5,8H2,1H3,(H,9,10);1-5H/q-1;;;;;/t17-;16-;14-;12-;6-;/m10000./s1. The van der Waals surface area contributed by atoms with E-state index < -0.39 is 57.8 Å². The SMILES string of the molecule is CON(C)C(=O)[C@@H](C)CCCCNC(=O)OCc1ccccc1.C[C@@H](CCCCN)C(=O)O.C[C@@H](CCCCNC(=O)OCc1ccccc1)C(=O)O.C[C@@H](CCCCNC(=O)OCc1ccccc1)C(=O)c1nc2ccccc2s1.N[I-]C[C@@H](CCCCNC(=O)OCc1ccccc1)C(=O)c1nc2ccccc2s1.c1ccc2scnc2c1. The number of aromatic nitrogens is 3. The van der Waals surface area contributed by atoms with Crippen LogP contribution in [0, 0.1) is 29.6 Å². The Morgan fingerprint density at radius 3 is 1.09 bits per heavy atom. The molecule has 0 unspecified atom stereocenters. The number of ketones is 2. The number of thiazole rings is 3. The Bertz CT molecular complexity index is 4490. The maximum Gasteiger partial charge on any atom is 0.0812 e. The number of carboxylic acids is 2. The molecule has 0 saturated heterocycles. The van der Waals surface area contributed by atoms with Gasteiger partial charge in [0.1, 0.15) is 19.8 Å². The Morgan fingerprint density at radius 2 is 0.742 bits per heavy atom. The van der Waals surface area contributed by atoms with E-state index >= 15 is 0 Å². The number of alkyl carbamates (subject to hydrolysis) is 4. The second-order valence-electron chi connectivity index (χ2n) is 28.0. The largest absolute Gasteiger partial charge is 0.245 e. The van der Waals surface area contributed by atoms with E-state index in [0.29, 0.717) is 49.2 Å². The molecule has 0 saturated carbocycles. The molecule has 5 amide bonds. The van der Waals surface area contributed by atoms with E-state index in [0.717, 1.165) is 143 Å². The fourth-order valence-corrected chi connectivity index (χ4v) is 15.3. The minimum atomic E-state index is -0.778. The number of fused-ring (bicyclic) bond motifs is 3. The maximum absolute atomic E-state index is 12.9. The number of hydrogen-bond acceptors (Lipinski definition) is 22. The van der Waals surface area contributed by atoms with Crippen molar-refractivity contribution in [2.24, 2.45) is 39.3 Å². The van der Waals surface area contributed by atoms with E-state index in [1.165, 1.54) is 39.5 Å². The number of unbranched alkanes of at least 4 members (excludes halogenated alkanes) is 5. The molecule has 0 aliphatic carbocycles. The van der Waals surface area contributed by atoms with Gasteiger partial charge in [-0.1, -0.05) is 187 Å². The third kappa shape index (κ3) is 42.0. The van der Waals surface area contributed by atoms with Crippen molar-refractivity contribution >= 4 is 118 Å². The van der Waals surface area contributed by atoms with Crippen molar-refractivity contribution < 1.29 is 98.6 Å². The summed E-state index contributed by atoms with van der Waals surface area (Å²) in [5.41, 5.74) is 13.8. The van der Waals surface area contributed by atoms with E-state index in [1.54, 1.807) is 32.2 Å². The van der Waals surface area contributed by atoms with Crippen LogP contribution in [0.3, 0.4) is 0 Å². The molecule has 0 fully saturated rings.